The van der Waals surface area contributed by atoms with E-state index >= 15 is 0 Å². The second-order valence-electron chi connectivity index (χ2n) is 6.68. The monoisotopic (exact) mass is 394 g/mol. The number of methoxy groups -OCH3 is 2. The number of carbonyl (C=O) groups is 1. The number of nitrogens with zero attached hydrogens (tertiary/aromatic N) is 3. The van der Waals surface area contributed by atoms with Crippen molar-refractivity contribution in [2.45, 2.75) is 19.5 Å². The van der Waals surface area contributed by atoms with Gasteiger partial charge in [-0.05, 0) is 41.8 Å². The predicted octanol–water partition coefficient (Wildman–Crippen LogP) is 2.58. The Morgan fingerprint density at radius 2 is 1.90 bits per heavy atom. The number of anilines is 1. The molecule has 0 spiro atoms. The number of benzene rings is 1. The SMILES string of the molecule is COc1cc2c(cc1OC)CN(c1ncc(C(=O)NCc3ccco3)cn1)CC2. The molecule has 1 aliphatic rings. The van der Waals surface area contributed by atoms with Crippen molar-refractivity contribution in [3.05, 3.63) is 65.4 Å². The molecule has 1 amide bonds. The number of fused-ring (bicyclic) bond motifs is 1. The molecular formula is C21H22N4O4. The zero-order valence-corrected chi connectivity index (χ0v) is 16.3. The summed E-state index contributed by atoms with van der Waals surface area (Å²) in [6, 6.07) is 7.61. The van der Waals surface area contributed by atoms with E-state index < -0.39 is 0 Å². The van der Waals surface area contributed by atoms with Crippen molar-refractivity contribution < 1.29 is 18.7 Å². The molecule has 0 radical (unpaired) electrons. The summed E-state index contributed by atoms with van der Waals surface area (Å²) in [6.45, 7) is 1.77. The van der Waals surface area contributed by atoms with E-state index in [0.29, 0.717) is 36.1 Å². The van der Waals surface area contributed by atoms with Gasteiger partial charge in [-0.1, -0.05) is 0 Å². The number of hydrogen-bond donors (Lipinski definition) is 1. The Labute approximate surface area is 168 Å². The lowest BCUT2D eigenvalue weighted by atomic mass is 9.99. The van der Waals surface area contributed by atoms with Gasteiger partial charge in [0.2, 0.25) is 5.95 Å². The quantitative estimate of drug-likeness (QED) is 0.687. The third-order valence-electron chi connectivity index (χ3n) is 4.90. The number of aromatic nitrogens is 2. The number of amides is 1. The van der Waals surface area contributed by atoms with Crippen molar-refractivity contribution in [1.29, 1.82) is 0 Å². The van der Waals surface area contributed by atoms with Gasteiger partial charge in [-0.15, -0.1) is 0 Å². The first kappa shape index (κ1) is 18.8. The van der Waals surface area contributed by atoms with Crippen LogP contribution in [0.25, 0.3) is 0 Å². The molecule has 0 saturated heterocycles. The van der Waals surface area contributed by atoms with Crippen molar-refractivity contribution in [3.8, 4) is 11.5 Å². The average Bonchev–Trinajstić information content (AvgIpc) is 3.30. The maximum atomic E-state index is 12.2. The zero-order chi connectivity index (χ0) is 20.2. The molecular weight excluding hydrogens is 372 g/mol. The van der Waals surface area contributed by atoms with Gasteiger partial charge in [0.25, 0.3) is 5.91 Å². The van der Waals surface area contributed by atoms with Crippen LogP contribution in [0.1, 0.15) is 27.2 Å². The van der Waals surface area contributed by atoms with Gasteiger partial charge in [0.05, 0.1) is 32.6 Å². The molecule has 3 aromatic rings. The third kappa shape index (κ3) is 4.01. The van der Waals surface area contributed by atoms with Crippen molar-refractivity contribution in [3.63, 3.8) is 0 Å². The van der Waals surface area contributed by atoms with Crippen molar-refractivity contribution >= 4 is 11.9 Å². The normalized spacial score (nSPS) is 13.0. The molecule has 0 fully saturated rings. The van der Waals surface area contributed by atoms with Gasteiger partial charge in [-0.2, -0.15) is 0 Å². The number of nitrogens with one attached hydrogen (secondary N) is 1. The molecule has 0 bridgehead atoms. The summed E-state index contributed by atoms with van der Waals surface area (Å²) in [5, 5.41) is 2.78. The van der Waals surface area contributed by atoms with Gasteiger partial charge in [-0.25, -0.2) is 9.97 Å². The fourth-order valence-electron chi connectivity index (χ4n) is 3.34. The lowest BCUT2D eigenvalue weighted by Crippen LogP contribution is -2.32. The summed E-state index contributed by atoms with van der Waals surface area (Å²) in [7, 11) is 3.27. The molecule has 8 heteroatoms. The van der Waals surface area contributed by atoms with E-state index in [4.69, 9.17) is 13.9 Å². The van der Waals surface area contributed by atoms with E-state index in [1.807, 2.05) is 12.1 Å². The summed E-state index contributed by atoms with van der Waals surface area (Å²) >= 11 is 0. The molecule has 0 atom stereocenters. The minimum atomic E-state index is -0.242. The molecule has 1 aromatic carbocycles. The smallest absolute Gasteiger partial charge is 0.254 e. The van der Waals surface area contributed by atoms with Crippen LogP contribution in [0.5, 0.6) is 11.5 Å². The van der Waals surface area contributed by atoms with E-state index in [-0.39, 0.29) is 5.91 Å². The molecule has 3 heterocycles. The van der Waals surface area contributed by atoms with Gasteiger partial charge in [0.15, 0.2) is 11.5 Å². The number of ether oxygens (including phenoxy) is 2. The number of hydrogen-bond acceptors (Lipinski definition) is 7. The van der Waals surface area contributed by atoms with Gasteiger partial charge in [0, 0.05) is 25.5 Å². The van der Waals surface area contributed by atoms with Crippen LogP contribution in [0.3, 0.4) is 0 Å². The van der Waals surface area contributed by atoms with E-state index in [1.165, 1.54) is 5.56 Å². The molecule has 150 valence electrons. The first-order valence-electron chi connectivity index (χ1n) is 9.29. The van der Waals surface area contributed by atoms with E-state index in [0.717, 1.165) is 24.3 Å². The van der Waals surface area contributed by atoms with Crippen LogP contribution in [0.15, 0.2) is 47.3 Å². The summed E-state index contributed by atoms with van der Waals surface area (Å²) in [4.78, 5) is 23.1. The third-order valence-corrected chi connectivity index (χ3v) is 4.90. The largest absolute Gasteiger partial charge is 0.493 e. The molecule has 0 aliphatic carbocycles. The first-order valence-corrected chi connectivity index (χ1v) is 9.29. The van der Waals surface area contributed by atoms with Gasteiger partial charge < -0.3 is 24.1 Å². The van der Waals surface area contributed by atoms with Crippen LogP contribution in [-0.4, -0.2) is 36.6 Å². The van der Waals surface area contributed by atoms with Crippen LogP contribution in [0.4, 0.5) is 5.95 Å². The van der Waals surface area contributed by atoms with Gasteiger partial charge >= 0.3 is 0 Å². The highest BCUT2D eigenvalue weighted by Crippen LogP contribution is 2.33. The topological polar surface area (TPSA) is 89.7 Å². The second kappa shape index (κ2) is 8.22. The molecule has 0 saturated carbocycles. The molecule has 2 aromatic heterocycles. The molecule has 4 rings (SSSR count). The van der Waals surface area contributed by atoms with Crippen LogP contribution in [-0.2, 0) is 19.5 Å². The van der Waals surface area contributed by atoms with E-state index in [9.17, 15) is 4.79 Å². The zero-order valence-electron chi connectivity index (χ0n) is 16.3. The van der Waals surface area contributed by atoms with Crippen molar-refractivity contribution in [2.75, 3.05) is 25.7 Å². The van der Waals surface area contributed by atoms with Crippen LogP contribution >= 0.6 is 0 Å². The summed E-state index contributed by atoms with van der Waals surface area (Å²) in [6.07, 6.45) is 5.51. The van der Waals surface area contributed by atoms with Gasteiger partial charge in [0.1, 0.15) is 5.76 Å². The molecule has 0 unspecified atom stereocenters. The number of carbonyl (C=O) groups excluding carboxylic acids is 1. The minimum absolute atomic E-state index is 0.242. The highest BCUT2D eigenvalue weighted by molar-refractivity contribution is 5.93. The Morgan fingerprint density at radius 3 is 2.55 bits per heavy atom. The fraction of sp³-hybridized carbons (Fsp3) is 0.286. The van der Waals surface area contributed by atoms with Crippen LogP contribution in [0.2, 0.25) is 0 Å². The van der Waals surface area contributed by atoms with Crippen molar-refractivity contribution in [2.24, 2.45) is 0 Å². The average molecular weight is 394 g/mol. The van der Waals surface area contributed by atoms with Crippen molar-refractivity contribution in [1.82, 2.24) is 15.3 Å². The fourth-order valence-corrected chi connectivity index (χ4v) is 3.34. The standard InChI is InChI=1S/C21H22N4O4/c1-27-18-8-14-5-6-25(13-15(14)9-19(18)28-2)21-23-10-16(11-24-21)20(26)22-12-17-4-3-7-29-17/h3-4,7-11H,5-6,12-13H2,1-2H3,(H,22,26). The maximum Gasteiger partial charge on any atom is 0.254 e. The molecule has 1 N–H and O–H groups in total. The minimum Gasteiger partial charge on any atom is -0.493 e. The number of rotatable bonds is 6. The molecule has 29 heavy (non-hydrogen) atoms. The van der Waals surface area contributed by atoms with Crippen LogP contribution < -0.4 is 19.7 Å². The Kier molecular flexibility index (Phi) is 5.33. The number of furan rings is 1. The lowest BCUT2D eigenvalue weighted by Gasteiger charge is -2.29. The summed E-state index contributed by atoms with van der Waals surface area (Å²) < 4.78 is 16.0. The highest BCUT2D eigenvalue weighted by atomic mass is 16.5. The highest BCUT2D eigenvalue weighted by Gasteiger charge is 2.21. The Morgan fingerprint density at radius 1 is 1.17 bits per heavy atom. The second-order valence-corrected chi connectivity index (χ2v) is 6.68. The first-order chi connectivity index (χ1) is 14.2. The Hall–Kier alpha value is -3.55. The predicted molar refractivity (Wildman–Crippen MR) is 106 cm³/mol. The Balaban J connectivity index is 1.44. The molecule has 1 aliphatic heterocycles. The maximum absolute atomic E-state index is 12.2. The van der Waals surface area contributed by atoms with Gasteiger partial charge in [-0.3, -0.25) is 4.79 Å². The van der Waals surface area contributed by atoms with Crippen LogP contribution in [0, 0.1) is 0 Å². The summed E-state index contributed by atoms with van der Waals surface area (Å²) in [5.41, 5.74) is 2.79. The Bertz CT molecular complexity index is 987. The lowest BCUT2D eigenvalue weighted by molar-refractivity contribution is 0.0947. The summed E-state index contributed by atoms with van der Waals surface area (Å²) in [5.74, 6) is 2.48. The van der Waals surface area contributed by atoms with E-state index in [1.54, 1.807) is 45.0 Å². The van der Waals surface area contributed by atoms with E-state index in [2.05, 4.69) is 20.2 Å². The molecule has 8 nitrogen and oxygen atoms in total.